The number of carbonyl (C=O) groups excluding carboxylic acids is 1. The molecular formula is C20H26N6OS. The first-order chi connectivity index (χ1) is 13.7. The normalized spacial score (nSPS) is 13.3. The van der Waals surface area contributed by atoms with Gasteiger partial charge in [-0.1, -0.05) is 37.7 Å². The largest absolute Gasteiger partial charge is 0.342 e. The molecular weight excluding hydrogens is 372 g/mol. The van der Waals surface area contributed by atoms with E-state index in [0.29, 0.717) is 24.3 Å². The maximum atomic E-state index is 13.5. The van der Waals surface area contributed by atoms with Crippen LogP contribution in [0.5, 0.6) is 0 Å². The zero-order valence-corrected chi connectivity index (χ0v) is 17.1. The van der Waals surface area contributed by atoms with Crippen molar-refractivity contribution in [3.05, 3.63) is 54.5 Å². The van der Waals surface area contributed by atoms with Gasteiger partial charge in [0.25, 0.3) is 5.91 Å². The van der Waals surface area contributed by atoms with Crippen molar-refractivity contribution >= 4 is 22.8 Å². The van der Waals surface area contributed by atoms with Crippen LogP contribution in [0.1, 0.15) is 37.0 Å². The summed E-state index contributed by atoms with van der Waals surface area (Å²) in [6.45, 7) is 5.61. The molecule has 1 aromatic heterocycles. The molecule has 148 valence electrons. The van der Waals surface area contributed by atoms with Crippen molar-refractivity contribution in [2.24, 2.45) is 4.99 Å². The fourth-order valence-electron chi connectivity index (χ4n) is 3.20. The first-order valence-corrected chi connectivity index (χ1v) is 10.6. The van der Waals surface area contributed by atoms with Crippen molar-refractivity contribution in [2.75, 3.05) is 18.8 Å². The highest BCUT2D eigenvalue weighted by atomic mass is 32.2. The monoisotopic (exact) mass is 398 g/mol. The van der Waals surface area contributed by atoms with Gasteiger partial charge in [0.15, 0.2) is 5.17 Å². The molecule has 1 aliphatic heterocycles. The lowest BCUT2D eigenvalue weighted by molar-refractivity contribution is 0.0682. The highest BCUT2D eigenvalue weighted by molar-refractivity contribution is 8.13. The predicted octanol–water partition coefficient (Wildman–Crippen LogP) is 3.10. The Hall–Kier alpha value is -2.61. The summed E-state index contributed by atoms with van der Waals surface area (Å²) < 4.78 is 0. The number of thioether (sulfide) groups is 1. The summed E-state index contributed by atoms with van der Waals surface area (Å²) in [5.41, 5.74) is 1.32. The number of para-hydroxylation sites is 1. The summed E-state index contributed by atoms with van der Waals surface area (Å²) in [5, 5.41) is 12.4. The lowest BCUT2D eigenvalue weighted by Crippen LogP contribution is -2.42. The van der Waals surface area contributed by atoms with E-state index >= 15 is 0 Å². The zero-order chi connectivity index (χ0) is 19.8. The van der Waals surface area contributed by atoms with E-state index in [2.05, 4.69) is 34.4 Å². The molecule has 0 unspecified atom stereocenters. The van der Waals surface area contributed by atoms with E-state index in [1.807, 2.05) is 41.4 Å². The molecule has 1 aliphatic rings. The number of benzene rings is 1. The van der Waals surface area contributed by atoms with Gasteiger partial charge in [-0.3, -0.25) is 9.79 Å². The molecule has 1 aromatic carbocycles. The molecule has 0 bridgehead atoms. The molecule has 0 spiro atoms. The quantitative estimate of drug-likeness (QED) is 0.739. The second kappa shape index (κ2) is 10.1. The van der Waals surface area contributed by atoms with Crippen molar-refractivity contribution in [3.63, 3.8) is 0 Å². The Kier molecular flexibility index (Phi) is 7.25. The number of rotatable bonds is 8. The topological polar surface area (TPSA) is 75.4 Å². The number of aliphatic imine (C=N–C) groups is 1. The number of hydrogen-bond donors (Lipinski definition) is 1. The van der Waals surface area contributed by atoms with E-state index in [1.165, 1.54) is 4.80 Å². The molecule has 3 rings (SSSR count). The number of hydrogen-bond acceptors (Lipinski definition) is 6. The fraction of sp³-hybridized carbons (Fsp3) is 0.400. The molecule has 0 saturated carbocycles. The first kappa shape index (κ1) is 20.1. The van der Waals surface area contributed by atoms with Crippen LogP contribution in [0.2, 0.25) is 0 Å². The van der Waals surface area contributed by atoms with Crippen molar-refractivity contribution in [1.29, 1.82) is 0 Å². The van der Waals surface area contributed by atoms with Crippen molar-refractivity contribution in [1.82, 2.24) is 25.2 Å². The molecule has 0 radical (unpaired) electrons. The van der Waals surface area contributed by atoms with Crippen LogP contribution in [0.4, 0.5) is 0 Å². The Morgan fingerprint density at radius 1 is 1.25 bits per heavy atom. The number of aromatic nitrogens is 3. The van der Waals surface area contributed by atoms with Crippen molar-refractivity contribution in [2.45, 2.75) is 32.7 Å². The summed E-state index contributed by atoms with van der Waals surface area (Å²) in [5.74, 6) is 0.796. The minimum Gasteiger partial charge on any atom is -0.342 e. The second-order valence-electron chi connectivity index (χ2n) is 6.35. The van der Waals surface area contributed by atoms with Gasteiger partial charge in [-0.05, 0) is 31.1 Å². The van der Waals surface area contributed by atoms with Gasteiger partial charge in [0.05, 0.1) is 30.2 Å². The maximum Gasteiger partial charge on any atom is 0.256 e. The van der Waals surface area contributed by atoms with Gasteiger partial charge in [0, 0.05) is 24.5 Å². The van der Waals surface area contributed by atoms with Crippen LogP contribution >= 0.6 is 11.8 Å². The van der Waals surface area contributed by atoms with Crippen LogP contribution in [0.15, 0.2) is 53.9 Å². The average molecular weight is 399 g/mol. The molecule has 8 heteroatoms. The minimum absolute atomic E-state index is 0.0145. The van der Waals surface area contributed by atoms with E-state index in [4.69, 9.17) is 0 Å². The van der Waals surface area contributed by atoms with Crippen LogP contribution in [-0.4, -0.2) is 55.9 Å². The Labute approximate surface area is 169 Å². The molecule has 0 saturated heterocycles. The molecule has 1 N–H and O–H groups in total. The van der Waals surface area contributed by atoms with Gasteiger partial charge < -0.3 is 10.2 Å². The number of carbonyl (C=O) groups is 1. The third-order valence-electron chi connectivity index (χ3n) is 4.65. The standard InChI is InChI=1S/C20H26N6OS/c1-3-16(4-2)25(14-15-28-20-21-10-7-11-22-20)19(27)17-8-5-6-9-18(17)26-23-12-13-24-26/h5-10,12-13,16H,3-4,11,14-15H2,1-2H3,(H,21,22). The highest BCUT2D eigenvalue weighted by Gasteiger charge is 2.25. The van der Waals surface area contributed by atoms with Crippen LogP contribution in [0.3, 0.4) is 0 Å². The Bertz CT molecular complexity index is 829. The number of amides is 1. The Morgan fingerprint density at radius 3 is 2.68 bits per heavy atom. The number of nitrogens with zero attached hydrogens (tertiary/aromatic N) is 5. The lowest BCUT2D eigenvalue weighted by atomic mass is 10.1. The highest BCUT2D eigenvalue weighted by Crippen LogP contribution is 2.20. The lowest BCUT2D eigenvalue weighted by Gasteiger charge is -2.31. The molecule has 0 fully saturated rings. The zero-order valence-electron chi connectivity index (χ0n) is 16.3. The van der Waals surface area contributed by atoms with Crippen LogP contribution in [0, 0.1) is 0 Å². The summed E-state index contributed by atoms with van der Waals surface area (Å²) in [4.78, 5) is 21.4. The summed E-state index contributed by atoms with van der Waals surface area (Å²) >= 11 is 1.64. The average Bonchev–Trinajstić information content (AvgIpc) is 3.28. The number of amidine groups is 1. The minimum atomic E-state index is 0.0145. The maximum absolute atomic E-state index is 13.5. The predicted molar refractivity (Wildman–Crippen MR) is 114 cm³/mol. The van der Waals surface area contributed by atoms with Gasteiger partial charge in [-0.2, -0.15) is 15.0 Å². The molecule has 2 heterocycles. The van der Waals surface area contributed by atoms with E-state index in [0.717, 1.165) is 23.8 Å². The molecule has 0 aliphatic carbocycles. The summed E-state index contributed by atoms with van der Waals surface area (Å²) in [7, 11) is 0. The van der Waals surface area contributed by atoms with Crippen molar-refractivity contribution < 1.29 is 4.79 Å². The van der Waals surface area contributed by atoms with Crippen LogP contribution < -0.4 is 5.32 Å². The first-order valence-electron chi connectivity index (χ1n) is 9.60. The third-order valence-corrected chi connectivity index (χ3v) is 5.56. The van der Waals surface area contributed by atoms with E-state index in [-0.39, 0.29) is 11.9 Å². The second-order valence-corrected chi connectivity index (χ2v) is 7.43. The van der Waals surface area contributed by atoms with Gasteiger partial charge in [0.2, 0.25) is 0 Å². The third kappa shape index (κ3) is 4.81. The molecule has 28 heavy (non-hydrogen) atoms. The summed E-state index contributed by atoms with van der Waals surface area (Å²) in [6.07, 6.45) is 8.94. The van der Waals surface area contributed by atoms with E-state index in [1.54, 1.807) is 24.2 Å². The molecule has 7 nitrogen and oxygen atoms in total. The summed E-state index contributed by atoms with van der Waals surface area (Å²) in [6, 6.07) is 7.69. The molecule has 1 amide bonds. The number of nitrogens with one attached hydrogen (secondary N) is 1. The Balaban J connectivity index is 1.78. The van der Waals surface area contributed by atoms with Gasteiger partial charge in [-0.25, -0.2) is 0 Å². The fourth-order valence-corrected chi connectivity index (χ4v) is 3.99. The van der Waals surface area contributed by atoms with Crippen LogP contribution in [0.25, 0.3) is 5.69 Å². The smallest absolute Gasteiger partial charge is 0.256 e. The van der Waals surface area contributed by atoms with E-state index < -0.39 is 0 Å². The SMILES string of the molecule is CCC(CC)N(CCSC1=NCC=CN1)C(=O)c1ccccc1-n1nccn1. The van der Waals surface area contributed by atoms with Gasteiger partial charge in [-0.15, -0.1) is 0 Å². The van der Waals surface area contributed by atoms with Gasteiger partial charge >= 0.3 is 0 Å². The molecule has 0 atom stereocenters. The molecule has 2 aromatic rings. The van der Waals surface area contributed by atoms with E-state index in [9.17, 15) is 4.79 Å². The van der Waals surface area contributed by atoms with Crippen molar-refractivity contribution in [3.8, 4) is 5.69 Å². The van der Waals surface area contributed by atoms with Crippen LogP contribution in [-0.2, 0) is 0 Å². The Morgan fingerprint density at radius 2 is 2.00 bits per heavy atom. The van der Waals surface area contributed by atoms with Gasteiger partial charge in [0.1, 0.15) is 0 Å².